The lowest BCUT2D eigenvalue weighted by atomic mass is 9.91. The molecule has 0 aliphatic carbocycles. The fraction of sp³-hybridized carbons (Fsp3) is 0.0870. The monoisotopic (exact) mass is 295 g/mol. The third-order valence-corrected chi connectivity index (χ3v) is 4.61. The normalized spacial score (nSPS) is 11.2. The van der Waals surface area contributed by atoms with E-state index in [0.717, 1.165) is 12.0 Å². The molecule has 0 saturated heterocycles. The van der Waals surface area contributed by atoms with E-state index in [2.05, 4.69) is 86.6 Å². The van der Waals surface area contributed by atoms with E-state index in [1.165, 1.54) is 38.2 Å². The van der Waals surface area contributed by atoms with Gasteiger partial charge in [0.25, 0.3) is 0 Å². The highest BCUT2D eigenvalue weighted by Gasteiger charge is 2.09. The number of rotatable bonds is 2. The number of benzene rings is 4. The largest absolute Gasteiger partial charge is 0.0616 e. The summed E-state index contributed by atoms with van der Waals surface area (Å²) in [5.74, 6) is 0. The number of aryl methyl sites for hydroxylation is 1. The molecule has 0 atom stereocenters. The molecule has 1 radical (unpaired) electrons. The molecule has 0 spiro atoms. The van der Waals surface area contributed by atoms with Crippen LogP contribution in [0.15, 0.2) is 72.8 Å². The first-order valence-electron chi connectivity index (χ1n) is 8.03. The van der Waals surface area contributed by atoms with Gasteiger partial charge in [0.15, 0.2) is 0 Å². The average Bonchev–Trinajstić information content (AvgIpc) is 2.58. The van der Waals surface area contributed by atoms with E-state index >= 15 is 0 Å². The summed E-state index contributed by atoms with van der Waals surface area (Å²) in [4.78, 5) is 0. The molecule has 4 aromatic rings. The minimum atomic E-state index is 0.919. The highest BCUT2D eigenvalue weighted by molar-refractivity contribution is 6.02. The molecule has 0 nitrogen and oxygen atoms in total. The van der Waals surface area contributed by atoms with Crippen molar-refractivity contribution in [2.24, 2.45) is 0 Å². The third kappa shape index (κ3) is 2.51. The molecule has 0 fully saturated rings. The highest BCUT2D eigenvalue weighted by atomic mass is 14.1. The maximum Gasteiger partial charge on any atom is -0.00106 e. The molecule has 4 rings (SSSR count). The summed E-state index contributed by atoms with van der Waals surface area (Å²) in [5, 5.41) is 5.29. The summed E-state index contributed by atoms with van der Waals surface area (Å²) in [7, 11) is 0. The van der Waals surface area contributed by atoms with Gasteiger partial charge in [-0.25, -0.2) is 0 Å². The second kappa shape index (κ2) is 5.55. The molecule has 0 bridgehead atoms. The van der Waals surface area contributed by atoms with E-state index in [-0.39, 0.29) is 0 Å². The average molecular weight is 295 g/mol. The zero-order chi connectivity index (χ0) is 15.8. The highest BCUT2D eigenvalue weighted by Crippen LogP contribution is 2.31. The van der Waals surface area contributed by atoms with E-state index in [0.29, 0.717) is 0 Å². The van der Waals surface area contributed by atoms with Crippen LogP contribution >= 0.6 is 0 Å². The first-order chi connectivity index (χ1) is 11.2. The van der Waals surface area contributed by atoms with E-state index in [9.17, 15) is 0 Å². The molecule has 0 heteroatoms. The molecule has 0 N–H and O–H groups in total. The van der Waals surface area contributed by atoms with E-state index in [1.807, 2.05) is 0 Å². The summed E-state index contributed by atoms with van der Waals surface area (Å²) in [6, 6.07) is 26.1. The van der Waals surface area contributed by atoms with Crippen molar-refractivity contribution in [2.75, 3.05) is 0 Å². The number of hydrogen-bond donors (Lipinski definition) is 0. The van der Waals surface area contributed by atoms with Crippen molar-refractivity contribution in [1.29, 1.82) is 0 Å². The molecule has 0 amide bonds. The van der Waals surface area contributed by atoms with E-state index < -0.39 is 0 Å². The van der Waals surface area contributed by atoms with Gasteiger partial charge >= 0.3 is 0 Å². The van der Waals surface area contributed by atoms with Gasteiger partial charge in [0.05, 0.1) is 0 Å². The molecule has 0 heterocycles. The first kappa shape index (κ1) is 14.0. The summed E-state index contributed by atoms with van der Waals surface area (Å²) >= 11 is 0. The smallest absolute Gasteiger partial charge is 0.00106 e. The molecular formula is C23H19. The van der Waals surface area contributed by atoms with Crippen LogP contribution in [-0.2, 0) is 6.42 Å². The Hall–Kier alpha value is -2.60. The maximum absolute atomic E-state index is 4.22. The van der Waals surface area contributed by atoms with Gasteiger partial charge in [-0.3, -0.25) is 0 Å². The Kier molecular flexibility index (Phi) is 3.38. The number of fused-ring (bicyclic) bond motifs is 2. The van der Waals surface area contributed by atoms with Crippen molar-refractivity contribution in [1.82, 2.24) is 0 Å². The van der Waals surface area contributed by atoms with Crippen molar-refractivity contribution in [3.8, 4) is 0 Å². The topological polar surface area (TPSA) is 0 Å². The molecular weight excluding hydrogens is 276 g/mol. The lowest BCUT2D eigenvalue weighted by Crippen LogP contribution is -1.95. The second-order valence-electron chi connectivity index (χ2n) is 6.25. The molecule has 0 saturated carbocycles. The Morgan fingerprint density at radius 3 is 2.00 bits per heavy atom. The van der Waals surface area contributed by atoms with Crippen LogP contribution in [0.25, 0.3) is 21.5 Å². The van der Waals surface area contributed by atoms with Crippen molar-refractivity contribution in [3.63, 3.8) is 0 Å². The summed E-state index contributed by atoms with van der Waals surface area (Å²) in [5.41, 5.74) is 5.12. The van der Waals surface area contributed by atoms with Crippen molar-refractivity contribution >= 4 is 21.5 Å². The molecule has 0 unspecified atom stereocenters. The lowest BCUT2D eigenvalue weighted by molar-refractivity contribution is 1.20. The van der Waals surface area contributed by atoms with Crippen LogP contribution in [0, 0.1) is 13.8 Å². The zero-order valence-corrected chi connectivity index (χ0v) is 13.3. The van der Waals surface area contributed by atoms with Gasteiger partial charge in [0, 0.05) is 0 Å². The standard InChI is InChI=1S/C23H19/c1-16-11-12-17(2)20(13-16)15-23-21-9-5-3-7-18(21)14-19-8-4-6-10-22(19)23/h3-14H,2,15H2,1H3. The van der Waals surface area contributed by atoms with Gasteiger partial charge in [0.2, 0.25) is 0 Å². The summed E-state index contributed by atoms with van der Waals surface area (Å²) in [6.07, 6.45) is 0.919. The third-order valence-electron chi connectivity index (χ3n) is 4.61. The van der Waals surface area contributed by atoms with Crippen LogP contribution < -0.4 is 0 Å². The summed E-state index contributed by atoms with van der Waals surface area (Å²) < 4.78 is 0. The van der Waals surface area contributed by atoms with Crippen molar-refractivity contribution in [2.45, 2.75) is 13.3 Å². The minimum absolute atomic E-state index is 0.919. The van der Waals surface area contributed by atoms with Crippen LogP contribution in [0.2, 0.25) is 0 Å². The fourth-order valence-electron chi connectivity index (χ4n) is 3.41. The molecule has 0 aromatic heterocycles. The van der Waals surface area contributed by atoms with Crippen LogP contribution in [0.1, 0.15) is 22.3 Å². The second-order valence-corrected chi connectivity index (χ2v) is 6.25. The van der Waals surface area contributed by atoms with Gasteiger partial charge in [-0.1, -0.05) is 72.3 Å². The molecule has 0 aliphatic rings. The Morgan fingerprint density at radius 2 is 1.35 bits per heavy atom. The maximum atomic E-state index is 4.22. The van der Waals surface area contributed by atoms with Gasteiger partial charge in [-0.05, 0) is 64.6 Å². The lowest BCUT2D eigenvalue weighted by Gasteiger charge is -2.13. The Labute approximate surface area is 137 Å². The minimum Gasteiger partial charge on any atom is -0.0616 e. The van der Waals surface area contributed by atoms with E-state index in [4.69, 9.17) is 0 Å². The quantitative estimate of drug-likeness (QED) is 0.393. The Morgan fingerprint density at radius 1 is 0.739 bits per heavy atom. The van der Waals surface area contributed by atoms with Gasteiger partial charge in [-0.15, -0.1) is 0 Å². The van der Waals surface area contributed by atoms with Crippen molar-refractivity contribution < 1.29 is 0 Å². The molecule has 23 heavy (non-hydrogen) atoms. The zero-order valence-electron chi connectivity index (χ0n) is 13.3. The fourth-order valence-corrected chi connectivity index (χ4v) is 3.41. The van der Waals surface area contributed by atoms with Crippen LogP contribution in [0.5, 0.6) is 0 Å². The van der Waals surface area contributed by atoms with Crippen LogP contribution in [0.4, 0.5) is 0 Å². The van der Waals surface area contributed by atoms with Crippen LogP contribution in [0.3, 0.4) is 0 Å². The molecule has 4 aromatic carbocycles. The van der Waals surface area contributed by atoms with Gasteiger partial charge < -0.3 is 0 Å². The Bertz CT molecular complexity index is 955. The summed E-state index contributed by atoms with van der Waals surface area (Å²) in [6.45, 7) is 6.36. The predicted octanol–water partition coefficient (Wildman–Crippen LogP) is 6.07. The van der Waals surface area contributed by atoms with Gasteiger partial charge in [-0.2, -0.15) is 0 Å². The van der Waals surface area contributed by atoms with Gasteiger partial charge in [0.1, 0.15) is 0 Å². The molecule has 111 valence electrons. The number of hydrogen-bond acceptors (Lipinski definition) is 0. The van der Waals surface area contributed by atoms with Crippen molar-refractivity contribution in [3.05, 3.63) is 102 Å². The SMILES string of the molecule is [CH2]c1ccc(C)cc1Cc1c2ccccc2cc2ccccc12. The molecule has 0 aliphatic heterocycles. The first-order valence-corrected chi connectivity index (χ1v) is 8.03. The Balaban J connectivity index is 2.01. The van der Waals surface area contributed by atoms with E-state index in [1.54, 1.807) is 0 Å². The predicted molar refractivity (Wildman–Crippen MR) is 99.9 cm³/mol. The van der Waals surface area contributed by atoms with Crippen LogP contribution in [-0.4, -0.2) is 0 Å².